The second-order valence-corrected chi connectivity index (χ2v) is 3.89. The van der Waals surface area contributed by atoms with Gasteiger partial charge in [-0.3, -0.25) is 0 Å². The normalized spacial score (nSPS) is 9.79. The molecule has 0 bridgehead atoms. The lowest BCUT2D eigenvalue weighted by Gasteiger charge is -2.15. The maximum Gasteiger partial charge on any atom is 0.496 e. The SMILES string of the molecule is C=CCCOc1cccc(OCCC=C)c1B(O)O. The van der Waals surface area contributed by atoms with Crippen molar-refractivity contribution in [1.82, 2.24) is 0 Å². The zero-order valence-electron chi connectivity index (χ0n) is 10.9. The molecule has 2 N–H and O–H groups in total. The monoisotopic (exact) mass is 262 g/mol. The Morgan fingerprint density at radius 3 is 1.84 bits per heavy atom. The smallest absolute Gasteiger partial charge is 0.493 e. The molecular formula is C14H19BO4. The maximum absolute atomic E-state index is 9.45. The van der Waals surface area contributed by atoms with Crippen molar-refractivity contribution in [2.24, 2.45) is 0 Å². The fraction of sp³-hybridized carbons (Fsp3) is 0.286. The summed E-state index contributed by atoms with van der Waals surface area (Å²) in [6.07, 6.45) is 4.84. The third-order valence-electron chi connectivity index (χ3n) is 2.44. The molecule has 0 saturated heterocycles. The Bertz CT molecular complexity index is 386. The van der Waals surface area contributed by atoms with E-state index in [4.69, 9.17) is 9.47 Å². The van der Waals surface area contributed by atoms with E-state index in [-0.39, 0.29) is 5.46 Å². The summed E-state index contributed by atoms with van der Waals surface area (Å²) in [6, 6.07) is 5.11. The van der Waals surface area contributed by atoms with Gasteiger partial charge in [-0.25, -0.2) is 0 Å². The molecule has 0 aliphatic heterocycles. The van der Waals surface area contributed by atoms with E-state index < -0.39 is 7.12 Å². The lowest BCUT2D eigenvalue weighted by Crippen LogP contribution is -2.33. The molecule has 19 heavy (non-hydrogen) atoms. The lowest BCUT2D eigenvalue weighted by atomic mass is 9.78. The number of benzene rings is 1. The van der Waals surface area contributed by atoms with Crippen LogP contribution in [0.1, 0.15) is 12.8 Å². The molecule has 0 amide bonds. The summed E-state index contributed by atoms with van der Waals surface area (Å²) >= 11 is 0. The molecule has 4 nitrogen and oxygen atoms in total. The largest absolute Gasteiger partial charge is 0.496 e. The summed E-state index contributed by atoms with van der Waals surface area (Å²) in [5, 5.41) is 18.9. The molecule has 0 aromatic heterocycles. The van der Waals surface area contributed by atoms with Gasteiger partial charge in [-0.2, -0.15) is 0 Å². The summed E-state index contributed by atoms with van der Waals surface area (Å²) in [4.78, 5) is 0. The molecule has 0 heterocycles. The van der Waals surface area contributed by atoms with Gasteiger partial charge in [0.05, 0.1) is 18.7 Å². The van der Waals surface area contributed by atoms with Gasteiger partial charge in [0.25, 0.3) is 0 Å². The van der Waals surface area contributed by atoms with E-state index in [0.29, 0.717) is 37.6 Å². The molecule has 1 aromatic rings. The average Bonchev–Trinajstić information content (AvgIpc) is 2.39. The van der Waals surface area contributed by atoms with Gasteiger partial charge >= 0.3 is 7.12 Å². The van der Waals surface area contributed by atoms with Crippen LogP contribution >= 0.6 is 0 Å². The molecule has 0 aliphatic carbocycles. The van der Waals surface area contributed by atoms with Crippen molar-refractivity contribution >= 4 is 12.6 Å². The Morgan fingerprint density at radius 2 is 1.47 bits per heavy atom. The Morgan fingerprint density at radius 1 is 1.00 bits per heavy atom. The van der Waals surface area contributed by atoms with Gasteiger partial charge in [-0.15, -0.1) is 13.2 Å². The highest BCUT2D eigenvalue weighted by Gasteiger charge is 2.22. The molecule has 0 fully saturated rings. The number of hydrogen-bond acceptors (Lipinski definition) is 4. The van der Waals surface area contributed by atoms with Gasteiger partial charge in [0.1, 0.15) is 11.5 Å². The minimum atomic E-state index is -1.64. The van der Waals surface area contributed by atoms with Crippen LogP contribution in [-0.2, 0) is 0 Å². The molecular weight excluding hydrogens is 243 g/mol. The number of rotatable bonds is 9. The molecule has 0 aliphatic rings. The minimum absolute atomic E-state index is 0.246. The number of hydrogen-bond donors (Lipinski definition) is 2. The Labute approximate surface area is 114 Å². The summed E-state index contributed by atoms with van der Waals surface area (Å²) in [7, 11) is -1.64. The lowest BCUT2D eigenvalue weighted by molar-refractivity contribution is 0.309. The Hall–Kier alpha value is -1.72. The van der Waals surface area contributed by atoms with Crippen LogP contribution < -0.4 is 14.9 Å². The van der Waals surface area contributed by atoms with Crippen LogP contribution in [0, 0.1) is 0 Å². The van der Waals surface area contributed by atoms with Crippen molar-refractivity contribution in [1.29, 1.82) is 0 Å². The van der Waals surface area contributed by atoms with Crippen molar-refractivity contribution < 1.29 is 19.5 Å². The zero-order chi connectivity index (χ0) is 14.1. The van der Waals surface area contributed by atoms with Crippen LogP contribution in [0.2, 0.25) is 0 Å². The van der Waals surface area contributed by atoms with Crippen molar-refractivity contribution in [2.75, 3.05) is 13.2 Å². The van der Waals surface area contributed by atoms with Crippen molar-refractivity contribution in [3.63, 3.8) is 0 Å². The Kier molecular flexibility index (Phi) is 6.78. The number of ether oxygens (including phenoxy) is 2. The molecule has 102 valence electrons. The van der Waals surface area contributed by atoms with Gasteiger partial charge in [0.15, 0.2) is 0 Å². The average molecular weight is 262 g/mol. The van der Waals surface area contributed by atoms with E-state index in [1.165, 1.54) is 0 Å². The van der Waals surface area contributed by atoms with E-state index in [2.05, 4.69) is 13.2 Å². The van der Waals surface area contributed by atoms with Gasteiger partial charge < -0.3 is 19.5 Å². The maximum atomic E-state index is 9.45. The van der Waals surface area contributed by atoms with Gasteiger partial charge in [0, 0.05) is 0 Å². The molecule has 1 aromatic carbocycles. The standard InChI is InChI=1S/C14H19BO4/c1-3-5-10-18-12-8-7-9-13(14(12)15(16)17)19-11-6-4-2/h3-4,7-9,16-17H,1-2,5-6,10-11H2. The van der Waals surface area contributed by atoms with E-state index in [9.17, 15) is 10.0 Å². The quantitative estimate of drug-likeness (QED) is 0.400. The first-order valence-electron chi connectivity index (χ1n) is 6.17. The third-order valence-corrected chi connectivity index (χ3v) is 2.44. The van der Waals surface area contributed by atoms with Crippen molar-refractivity contribution in [2.45, 2.75) is 12.8 Å². The third kappa shape index (κ3) is 4.81. The predicted molar refractivity (Wildman–Crippen MR) is 76.9 cm³/mol. The van der Waals surface area contributed by atoms with E-state index in [1.807, 2.05) is 0 Å². The fourth-order valence-corrected chi connectivity index (χ4v) is 1.53. The second kappa shape index (κ2) is 8.40. The summed E-state index contributed by atoms with van der Waals surface area (Å²) in [6.45, 7) is 8.07. The summed E-state index contributed by atoms with van der Waals surface area (Å²) < 4.78 is 11.0. The van der Waals surface area contributed by atoms with Gasteiger partial charge in [0.2, 0.25) is 0 Å². The zero-order valence-corrected chi connectivity index (χ0v) is 10.9. The van der Waals surface area contributed by atoms with Crippen LogP contribution in [0.15, 0.2) is 43.5 Å². The van der Waals surface area contributed by atoms with Crippen molar-refractivity contribution in [3.8, 4) is 11.5 Å². The van der Waals surface area contributed by atoms with Crippen LogP contribution in [0.25, 0.3) is 0 Å². The first kappa shape index (κ1) is 15.3. The van der Waals surface area contributed by atoms with Gasteiger partial charge in [-0.05, 0) is 25.0 Å². The molecule has 0 saturated carbocycles. The van der Waals surface area contributed by atoms with Crippen molar-refractivity contribution in [3.05, 3.63) is 43.5 Å². The predicted octanol–water partition coefficient (Wildman–Crippen LogP) is 1.28. The van der Waals surface area contributed by atoms with Crippen LogP contribution in [0.3, 0.4) is 0 Å². The summed E-state index contributed by atoms with van der Waals surface area (Å²) in [5.41, 5.74) is 0.246. The topological polar surface area (TPSA) is 58.9 Å². The van der Waals surface area contributed by atoms with Crippen LogP contribution in [0.5, 0.6) is 11.5 Å². The first-order chi connectivity index (χ1) is 9.20. The summed E-state index contributed by atoms with van der Waals surface area (Å²) in [5.74, 6) is 0.820. The van der Waals surface area contributed by atoms with E-state index >= 15 is 0 Å². The molecule has 0 radical (unpaired) electrons. The Balaban J connectivity index is 2.86. The van der Waals surface area contributed by atoms with E-state index in [1.54, 1.807) is 30.4 Å². The highest BCUT2D eigenvalue weighted by atomic mass is 16.5. The first-order valence-corrected chi connectivity index (χ1v) is 6.17. The highest BCUT2D eigenvalue weighted by molar-refractivity contribution is 6.60. The molecule has 1 rings (SSSR count). The fourth-order valence-electron chi connectivity index (χ4n) is 1.53. The van der Waals surface area contributed by atoms with E-state index in [0.717, 1.165) is 0 Å². The molecule has 5 heteroatoms. The second-order valence-electron chi connectivity index (χ2n) is 3.89. The molecule has 0 spiro atoms. The highest BCUT2D eigenvalue weighted by Crippen LogP contribution is 2.18. The molecule has 0 unspecified atom stereocenters. The van der Waals surface area contributed by atoms with Crippen LogP contribution in [0.4, 0.5) is 0 Å². The molecule has 0 atom stereocenters. The van der Waals surface area contributed by atoms with Crippen LogP contribution in [-0.4, -0.2) is 30.4 Å². The minimum Gasteiger partial charge on any atom is -0.493 e. The van der Waals surface area contributed by atoms with Gasteiger partial charge in [-0.1, -0.05) is 18.2 Å².